The Balaban J connectivity index is 2.10. The third-order valence-corrected chi connectivity index (χ3v) is 4.22. The van der Waals surface area contributed by atoms with Gasteiger partial charge in [-0.2, -0.15) is 0 Å². The molecule has 2 rings (SSSR count). The molecule has 1 aliphatic carbocycles. The van der Waals surface area contributed by atoms with Crippen LogP contribution < -0.4 is 0 Å². The van der Waals surface area contributed by atoms with Crippen LogP contribution in [0, 0.1) is 11.3 Å². The molecule has 5 heteroatoms. The summed E-state index contributed by atoms with van der Waals surface area (Å²) in [7, 11) is 0. The fourth-order valence-electron chi connectivity index (χ4n) is 3.14. The number of rotatable bonds is 3. The quantitative estimate of drug-likeness (QED) is 0.751. The van der Waals surface area contributed by atoms with Crippen LogP contribution in [0.1, 0.15) is 53.4 Å². The summed E-state index contributed by atoms with van der Waals surface area (Å²) in [6.45, 7) is 8.87. The van der Waals surface area contributed by atoms with Crippen molar-refractivity contribution in [2.45, 2.75) is 59.0 Å². The van der Waals surface area contributed by atoms with Crippen LogP contribution in [0.25, 0.3) is 0 Å². The smallest absolute Gasteiger partial charge is 0.410 e. The summed E-state index contributed by atoms with van der Waals surface area (Å²) < 4.78 is 10.7. The highest BCUT2D eigenvalue weighted by Gasteiger charge is 2.54. The fraction of sp³-hybridized carbons (Fsp3) is 0.875. The van der Waals surface area contributed by atoms with Crippen LogP contribution in [-0.2, 0) is 14.3 Å². The van der Waals surface area contributed by atoms with Crippen molar-refractivity contribution in [1.29, 1.82) is 0 Å². The first-order chi connectivity index (χ1) is 9.78. The number of carbonyl (C=O) groups is 2. The van der Waals surface area contributed by atoms with Gasteiger partial charge in [-0.1, -0.05) is 0 Å². The van der Waals surface area contributed by atoms with Gasteiger partial charge in [0.25, 0.3) is 0 Å². The molecule has 21 heavy (non-hydrogen) atoms. The molecule has 0 radical (unpaired) electrons. The van der Waals surface area contributed by atoms with Crippen molar-refractivity contribution in [3.8, 4) is 0 Å². The Morgan fingerprint density at radius 3 is 2.48 bits per heavy atom. The molecule has 2 aliphatic rings. The van der Waals surface area contributed by atoms with Gasteiger partial charge in [-0.25, -0.2) is 4.79 Å². The Morgan fingerprint density at radius 2 is 1.95 bits per heavy atom. The van der Waals surface area contributed by atoms with Crippen LogP contribution in [0.15, 0.2) is 0 Å². The number of hydrogen-bond acceptors (Lipinski definition) is 4. The van der Waals surface area contributed by atoms with Crippen LogP contribution >= 0.6 is 0 Å². The average molecular weight is 297 g/mol. The lowest BCUT2D eigenvalue weighted by atomic mass is 9.75. The van der Waals surface area contributed by atoms with E-state index >= 15 is 0 Å². The normalized spacial score (nSPS) is 26.4. The Hall–Kier alpha value is -1.26. The van der Waals surface area contributed by atoms with Gasteiger partial charge in [0.1, 0.15) is 5.60 Å². The lowest BCUT2D eigenvalue weighted by molar-refractivity contribution is -0.160. The number of hydrogen-bond donors (Lipinski definition) is 0. The molecule has 0 bridgehead atoms. The molecule has 0 aromatic carbocycles. The molecule has 5 nitrogen and oxygen atoms in total. The summed E-state index contributed by atoms with van der Waals surface area (Å²) in [5, 5.41) is 0. The highest BCUT2D eigenvalue weighted by molar-refractivity contribution is 5.79. The second-order valence-corrected chi connectivity index (χ2v) is 7.16. The summed E-state index contributed by atoms with van der Waals surface area (Å²) in [4.78, 5) is 26.4. The van der Waals surface area contributed by atoms with Crippen molar-refractivity contribution in [1.82, 2.24) is 4.90 Å². The number of likely N-dealkylation sites (tertiary alicyclic amines) is 1. The minimum Gasteiger partial charge on any atom is -0.466 e. The van der Waals surface area contributed by atoms with E-state index in [-0.39, 0.29) is 12.1 Å². The van der Waals surface area contributed by atoms with E-state index in [0.717, 1.165) is 25.7 Å². The number of piperidine rings is 1. The first kappa shape index (κ1) is 16.1. The van der Waals surface area contributed by atoms with E-state index in [1.165, 1.54) is 0 Å². The van der Waals surface area contributed by atoms with Gasteiger partial charge in [-0.3, -0.25) is 4.79 Å². The van der Waals surface area contributed by atoms with Crippen LogP contribution in [0.4, 0.5) is 4.79 Å². The zero-order chi connectivity index (χ0) is 15.7. The predicted molar refractivity (Wildman–Crippen MR) is 78.8 cm³/mol. The first-order valence-electron chi connectivity index (χ1n) is 7.93. The Morgan fingerprint density at radius 1 is 1.29 bits per heavy atom. The molecule has 1 saturated carbocycles. The van der Waals surface area contributed by atoms with E-state index in [1.54, 1.807) is 4.90 Å². The van der Waals surface area contributed by atoms with Crippen molar-refractivity contribution >= 4 is 12.1 Å². The number of ether oxygens (including phenoxy) is 2. The largest absolute Gasteiger partial charge is 0.466 e. The standard InChI is InChI=1S/C16H27NO4/c1-5-20-13(18)16(12-7-8-12)9-6-10-17(11-16)14(19)21-15(2,3)4/h12H,5-11H2,1-4H3. The predicted octanol–water partition coefficient (Wildman–Crippen LogP) is 2.98. The van der Waals surface area contributed by atoms with E-state index in [0.29, 0.717) is 25.6 Å². The summed E-state index contributed by atoms with van der Waals surface area (Å²) in [6.07, 6.45) is 3.43. The van der Waals surface area contributed by atoms with E-state index < -0.39 is 11.0 Å². The van der Waals surface area contributed by atoms with Gasteiger partial charge in [-0.15, -0.1) is 0 Å². The van der Waals surface area contributed by atoms with Crippen molar-refractivity contribution < 1.29 is 19.1 Å². The summed E-state index contributed by atoms with van der Waals surface area (Å²) in [6, 6.07) is 0. The van der Waals surface area contributed by atoms with Crippen molar-refractivity contribution in [2.24, 2.45) is 11.3 Å². The number of nitrogens with zero attached hydrogens (tertiary/aromatic N) is 1. The number of esters is 1. The molecule has 1 aliphatic heterocycles. The maximum absolute atomic E-state index is 12.5. The summed E-state index contributed by atoms with van der Waals surface area (Å²) in [5.74, 6) is 0.225. The number of carbonyl (C=O) groups excluding carboxylic acids is 2. The van der Waals surface area contributed by atoms with Gasteiger partial charge in [-0.05, 0) is 59.3 Å². The summed E-state index contributed by atoms with van der Waals surface area (Å²) >= 11 is 0. The van der Waals surface area contributed by atoms with Gasteiger partial charge in [0.05, 0.1) is 12.0 Å². The van der Waals surface area contributed by atoms with Gasteiger partial charge in [0.2, 0.25) is 0 Å². The summed E-state index contributed by atoms with van der Waals surface area (Å²) in [5.41, 5.74) is -1.02. The van der Waals surface area contributed by atoms with Crippen LogP contribution in [0.2, 0.25) is 0 Å². The lowest BCUT2D eigenvalue weighted by Crippen LogP contribution is -2.52. The van der Waals surface area contributed by atoms with Crippen LogP contribution in [-0.4, -0.2) is 42.3 Å². The molecular weight excluding hydrogens is 270 g/mol. The minimum atomic E-state index is -0.513. The molecule has 120 valence electrons. The molecule has 2 fully saturated rings. The monoisotopic (exact) mass is 297 g/mol. The molecular formula is C16H27NO4. The lowest BCUT2D eigenvalue weighted by Gasteiger charge is -2.41. The van der Waals surface area contributed by atoms with Gasteiger partial charge < -0.3 is 14.4 Å². The zero-order valence-corrected chi connectivity index (χ0v) is 13.6. The van der Waals surface area contributed by atoms with Gasteiger partial charge in [0, 0.05) is 13.1 Å². The SMILES string of the molecule is CCOC(=O)C1(C2CC2)CCCN(C(=O)OC(C)(C)C)C1. The molecule has 1 atom stereocenters. The Kier molecular flexibility index (Phi) is 4.49. The second-order valence-electron chi connectivity index (χ2n) is 7.16. The van der Waals surface area contributed by atoms with E-state index in [2.05, 4.69) is 0 Å². The van der Waals surface area contributed by atoms with Crippen molar-refractivity contribution in [3.05, 3.63) is 0 Å². The highest BCUT2D eigenvalue weighted by Crippen LogP contribution is 2.51. The maximum Gasteiger partial charge on any atom is 0.410 e. The van der Waals surface area contributed by atoms with Crippen LogP contribution in [0.3, 0.4) is 0 Å². The third kappa shape index (κ3) is 3.69. The molecule has 0 N–H and O–H groups in total. The van der Waals surface area contributed by atoms with Crippen LogP contribution in [0.5, 0.6) is 0 Å². The van der Waals surface area contributed by atoms with E-state index in [9.17, 15) is 9.59 Å². The van der Waals surface area contributed by atoms with E-state index in [1.807, 2.05) is 27.7 Å². The molecule has 1 amide bonds. The zero-order valence-electron chi connectivity index (χ0n) is 13.6. The number of amides is 1. The van der Waals surface area contributed by atoms with Gasteiger partial charge in [0.15, 0.2) is 0 Å². The van der Waals surface area contributed by atoms with Gasteiger partial charge >= 0.3 is 12.1 Å². The van der Waals surface area contributed by atoms with Crippen molar-refractivity contribution in [3.63, 3.8) is 0 Å². The second kappa shape index (κ2) is 5.85. The molecule has 0 spiro atoms. The van der Waals surface area contributed by atoms with E-state index in [4.69, 9.17) is 9.47 Å². The Bertz CT molecular complexity index is 411. The molecule has 1 heterocycles. The molecule has 0 aromatic heterocycles. The highest BCUT2D eigenvalue weighted by atomic mass is 16.6. The topological polar surface area (TPSA) is 55.8 Å². The van der Waals surface area contributed by atoms with Crippen molar-refractivity contribution in [2.75, 3.05) is 19.7 Å². The molecule has 1 saturated heterocycles. The third-order valence-electron chi connectivity index (χ3n) is 4.22. The average Bonchev–Trinajstić information content (AvgIpc) is 3.21. The minimum absolute atomic E-state index is 0.138. The molecule has 0 aromatic rings. The first-order valence-corrected chi connectivity index (χ1v) is 7.93. The maximum atomic E-state index is 12.5. The fourth-order valence-corrected chi connectivity index (χ4v) is 3.14. The Labute approximate surface area is 127 Å². The molecule has 1 unspecified atom stereocenters.